The second-order valence-electron chi connectivity index (χ2n) is 5.55. The topological polar surface area (TPSA) is 64.1 Å². The highest BCUT2D eigenvalue weighted by Crippen LogP contribution is 2.18. The lowest BCUT2D eigenvalue weighted by Crippen LogP contribution is -2.51. The molecule has 0 saturated heterocycles. The number of hydrogen-bond acceptors (Lipinski definition) is 3. The molecule has 5 N–H and O–H groups in total. The molecule has 15 heavy (non-hydrogen) atoms. The molecule has 0 aromatic heterocycles. The predicted octanol–water partition coefficient (Wildman–Crippen LogP) is 1.36. The second kappa shape index (κ2) is 5.83. The zero-order chi connectivity index (χ0) is 11.3. The molecule has 0 aromatic carbocycles. The number of hydrogen-bond donors (Lipinski definition) is 3. The van der Waals surface area contributed by atoms with Crippen LogP contribution in [0, 0.1) is 0 Å². The first-order chi connectivity index (χ1) is 6.99. The Morgan fingerprint density at radius 2 is 1.93 bits per heavy atom. The molecular formula is C12H27N3. The number of nitrogens with one attached hydrogen (secondary N) is 1. The van der Waals surface area contributed by atoms with E-state index in [1.54, 1.807) is 0 Å². The lowest BCUT2D eigenvalue weighted by atomic mass is 9.92. The Morgan fingerprint density at radius 3 is 2.47 bits per heavy atom. The third kappa shape index (κ3) is 5.50. The molecule has 0 aromatic rings. The van der Waals surface area contributed by atoms with Crippen molar-refractivity contribution in [2.75, 3.05) is 6.54 Å². The largest absolute Gasteiger partial charge is 0.328 e. The van der Waals surface area contributed by atoms with Crippen molar-refractivity contribution in [2.45, 2.75) is 70.0 Å². The Balaban J connectivity index is 2.21. The van der Waals surface area contributed by atoms with Crippen LogP contribution in [-0.2, 0) is 0 Å². The van der Waals surface area contributed by atoms with Gasteiger partial charge in [-0.25, -0.2) is 0 Å². The summed E-state index contributed by atoms with van der Waals surface area (Å²) in [6, 6.07) is 0.878. The van der Waals surface area contributed by atoms with Gasteiger partial charge in [0.2, 0.25) is 0 Å². The summed E-state index contributed by atoms with van der Waals surface area (Å²) in [6.07, 6.45) is 7.64. The van der Waals surface area contributed by atoms with Crippen molar-refractivity contribution in [2.24, 2.45) is 11.5 Å². The third-order valence-corrected chi connectivity index (χ3v) is 3.19. The van der Waals surface area contributed by atoms with Crippen molar-refractivity contribution in [3.63, 3.8) is 0 Å². The second-order valence-corrected chi connectivity index (χ2v) is 5.55. The van der Waals surface area contributed by atoms with Gasteiger partial charge >= 0.3 is 0 Å². The molecule has 1 rings (SSSR count). The Morgan fingerprint density at radius 1 is 1.33 bits per heavy atom. The van der Waals surface area contributed by atoms with Crippen LogP contribution in [0.3, 0.4) is 0 Å². The Hall–Kier alpha value is -0.120. The molecule has 3 nitrogen and oxygen atoms in total. The molecule has 1 aliphatic carbocycles. The summed E-state index contributed by atoms with van der Waals surface area (Å²) in [5.74, 6) is 0. The van der Waals surface area contributed by atoms with Gasteiger partial charge in [-0.15, -0.1) is 0 Å². The quantitative estimate of drug-likeness (QED) is 0.646. The van der Waals surface area contributed by atoms with E-state index in [-0.39, 0.29) is 11.6 Å². The predicted molar refractivity (Wildman–Crippen MR) is 65.7 cm³/mol. The SMILES string of the molecule is CC(N)CC(C)(N)CNC1CCCCC1. The van der Waals surface area contributed by atoms with Gasteiger partial charge in [0.15, 0.2) is 0 Å². The van der Waals surface area contributed by atoms with Gasteiger partial charge in [0.25, 0.3) is 0 Å². The van der Waals surface area contributed by atoms with Gasteiger partial charge < -0.3 is 16.8 Å². The van der Waals surface area contributed by atoms with Crippen molar-refractivity contribution >= 4 is 0 Å². The van der Waals surface area contributed by atoms with E-state index in [1.807, 2.05) is 6.92 Å². The van der Waals surface area contributed by atoms with Crippen LogP contribution in [0.1, 0.15) is 52.4 Å². The van der Waals surface area contributed by atoms with Gasteiger partial charge in [-0.3, -0.25) is 0 Å². The average molecular weight is 213 g/mol. The zero-order valence-electron chi connectivity index (χ0n) is 10.3. The third-order valence-electron chi connectivity index (χ3n) is 3.19. The van der Waals surface area contributed by atoms with E-state index in [4.69, 9.17) is 11.5 Å². The van der Waals surface area contributed by atoms with E-state index in [1.165, 1.54) is 32.1 Å². The molecule has 1 saturated carbocycles. The van der Waals surface area contributed by atoms with Crippen LogP contribution in [0.5, 0.6) is 0 Å². The summed E-state index contributed by atoms with van der Waals surface area (Å²) in [6.45, 7) is 5.00. The molecule has 0 bridgehead atoms. The minimum atomic E-state index is -0.161. The Labute approximate surface area is 94.0 Å². The van der Waals surface area contributed by atoms with E-state index >= 15 is 0 Å². The van der Waals surface area contributed by atoms with Crippen LogP contribution >= 0.6 is 0 Å². The molecule has 1 aliphatic rings. The van der Waals surface area contributed by atoms with Gasteiger partial charge in [-0.1, -0.05) is 19.3 Å². The molecule has 1 fully saturated rings. The fourth-order valence-electron chi connectivity index (χ4n) is 2.49. The summed E-state index contributed by atoms with van der Waals surface area (Å²) in [5, 5.41) is 3.59. The molecule has 90 valence electrons. The van der Waals surface area contributed by atoms with Crippen LogP contribution in [0.4, 0.5) is 0 Å². The minimum Gasteiger partial charge on any atom is -0.328 e. The summed E-state index contributed by atoms with van der Waals surface area (Å²) in [5.41, 5.74) is 11.8. The fourth-order valence-corrected chi connectivity index (χ4v) is 2.49. The van der Waals surface area contributed by atoms with Crippen molar-refractivity contribution in [1.29, 1.82) is 0 Å². The van der Waals surface area contributed by atoms with Gasteiger partial charge in [-0.2, -0.15) is 0 Å². The van der Waals surface area contributed by atoms with Crippen molar-refractivity contribution in [3.8, 4) is 0 Å². The Kier molecular flexibility index (Phi) is 5.03. The first kappa shape index (κ1) is 12.9. The molecule has 3 heteroatoms. The molecular weight excluding hydrogens is 186 g/mol. The van der Waals surface area contributed by atoms with Crippen LogP contribution in [0.2, 0.25) is 0 Å². The average Bonchev–Trinajstić information content (AvgIpc) is 2.15. The molecule has 0 heterocycles. The number of nitrogens with two attached hydrogens (primary N) is 2. The smallest absolute Gasteiger partial charge is 0.0267 e. The maximum atomic E-state index is 6.19. The van der Waals surface area contributed by atoms with E-state index in [9.17, 15) is 0 Å². The highest BCUT2D eigenvalue weighted by atomic mass is 15.0. The zero-order valence-corrected chi connectivity index (χ0v) is 10.3. The van der Waals surface area contributed by atoms with E-state index in [0.717, 1.165) is 13.0 Å². The monoisotopic (exact) mass is 213 g/mol. The van der Waals surface area contributed by atoms with Gasteiger partial charge in [-0.05, 0) is 33.1 Å². The molecule has 0 radical (unpaired) electrons. The minimum absolute atomic E-state index is 0.161. The lowest BCUT2D eigenvalue weighted by Gasteiger charge is -2.31. The first-order valence-electron chi connectivity index (χ1n) is 6.27. The summed E-state index contributed by atoms with van der Waals surface area (Å²) in [4.78, 5) is 0. The van der Waals surface area contributed by atoms with E-state index in [0.29, 0.717) is 6.04 Å². The van der Waals surface area contributed by atoms with Gasteiger partial charge in [0.05, 0.1) is 0 Å². The Bertz CT molecular complexity index is 172. The fraction of sp³-hybridized carbons (Fsp3) is 1.00. The lowest BCUT2D eigenvalue weighted by molar-refractivity contribution is 0.314. The summed E-state index contributed by atoms with van der Waals surface area (Å²) < 4.78 is 0. The van der Waals surface area contributed by atoms with Crippen molar-refractivity contribution < 1.29 is 0 Å². The van der Waals surface area contributed by atoms with Crippen molar-refractivity contribution in [1.82, 2.24) is 5.32 Å². The molecule has 0 spiro atoms. The first-order valence-corrected chi connectivity index (χ1v) is 6.27. The summed E-state index contributed by atoms with van der Waals surface area (Å²) in [7, 11) is 0. The van der Waals surface area contributed by atoms with Crippen LogP contribution < -0.4 is 16.8 Å². The number of rotatable bonds is 5. The summed E-state index contributed by atoms with van der Waals surface area (Å²) >= 11 is 0. The standard InChI is InChI=1S/C12H27N3/c1-10(13)8-12(2,14)9-15-11-6-4-3-5-7-11/h10-11,15H,3-9,13-14H2,1-2H3. The van der Waals surface area contributed by atoms with Crippen LogP contribution in [-0.4, -0.2) is 24.2 Å². The van der Waals surface area contributed by atoms with Gasteiger partial charge in [0.1, 0.15) is 0 Å². The van der Waals surface area contributed by atoms with Crippen LogP contribution in [0.25, 0.3) is 0 Å². The maximum Gasteiger partial charge on any atom is 0.0267 e. The normalized spacial score (nSPS) is 24.8. The molecule has 0 amide bonds. The van der Waals surface area contributed by atoms with Crippen LogP contribution in [0.15, 0.2) is 0 Å². The molecule has 0 aliphatic heterocycles. The van der Waals surface area contributed by atoms with Crippen molar-refractivity contribution in [3.05, 3.63) is 0 Å². The highest BCUT2D eigenvalue weighted by Gasteiger charge is 2.22. The molecule has 2 atom stereocenters. The van der Waals surface area contributed by atoms with Gasteiger partial charge in [0, 0.05) is 24.2 Å². The van der Waals surface area contributed by atoms with E-state index in [2.05, 4.69) is 12.2 Å². The maximum absolute atomic E-state index is 6.19. The highest BCUT2D eigenvalue weighted by molar-refractivity contribution is 4.86. The van der Waals surface area contributed by atoms with E-state index < -0.39 is 0 Å². The molecule has 2 unspecified atom stereocenters.